The molecule has 76 valence electrons. The monoisotopic (exact) mass is 186 g/mol. The Morgan fingerprint density at radius 1 is 1.46 bits per heavy atom. The Bertz CT molecular complexity index is 199. The summed E-state index contributed by atoms with van der Waals surface area (Å²) in [5, 5.41) is 8.65. The molecule has 0 unspecified atom stereocenters. The molecule has 0 fully saturated rings. The lowest BCUT2D eigenvalue weighted by atomic mass is 9.99. The summed E-state index contributed by atoms with van der Waals surface area (Å²) in [5.41, 5.74) is 0.373. The van der Waals surface area contributed by atoms with Crippen LogP contribution in [-0.2, 0) is 9.53 Å². The van der Waals surface area contributed by atoms with Gasteiger partial charge in [0.25, 0.3) is 0 Å². The van der Waals surface area contributed by atoms with Gasteiger partial charge in [-0.2, -0.15) is 0 Å². The second-order valence-corrected chi connectivity index (χ2v) is 4.17. The van der Waals surface area contributed by atoms with Crippen LogP contribution in [0.3, 0.4) is 0 Å². The molecule has 0 saturated carbocycles. The maximum absolute atomic E-state index is 10.5. The Morgan fingerprint density at radius 3 is 2.31 bits per heavy atom. The van der Waals surface area contributed by atoms with Crippen LogP contribution in [0.4, 0.5) is 0 Å². The molecule has 0 aromatic rings. The first kappa shape index (κ1) is 12.0. The fourth-order valence-corrected chi connectivity index (χ4v) is 0.677. The number of aliphatic carboxylic acids is 1. The van der Waals surface area contributed by atoms with E-state index in [2.05, 4.69) is 0 Å². The van der Waals surface area contributed by atoms with Gasteiger partial charge in [-0.15, -0.1) is 0 Å². The van der Waals surface area contributed by atoms with Crippen molar-refractivity contribution in [2.24, 2.45) is 5.41 Å². The first-order valence-corrected chi connectivity index (χ1v) is 4.40. The summed E-state index contributed by atoms with van der Waals surface area (Å²) < 4.78 is 5.17. The number of ether oxygens (including phenoxy) is 1. The molecule has 0 aromatic carbocycles. The van der Waals surface area contributed by atoms with Crippen LogP contribution in [0.5, 0.6) is 0 Å². The lowest BCUT2D eigenvalue weighted by Gasteiger charge is -2.16. The van der Waals surface area contributed by atoms with E-state index in [-0.39, 0.29) is 5.41 Å². The summed E-state index contributed by atoms with van der Waals surface area (Å²) in [6.07, 6.45) is 1.83. The van der Waals surface area contributed by atoms with E-state index in [1.807, 2.05) is 20.8 Å². The summed E-state index contributed by atoms with van der Waals surface area (Å²) in [4.78, 5) is 10.5. The van der Waals surface area contributed by atoms with Gasteiger partial charge in [-0.3, -0.25) is 0 Å². The third-order valence-corrected chi connectivity index (χ3v) is 1.40. The minimum Gasteiger partial charge on any atom is -0.500 e. The highest BCUT2D eigenvalue weighted by Gasteiger charge is 2.10. The first-order valence-electron chi connectivity index (χ1n) is 4.40. The molecule has 0 saturated heterocycles. The number of carboxylic acids is 1. The van der Waals surface area contributed by atoms with Crippen molar-refractivity contribution in [2.75, 3.05) is 6.61 Å². The third-order valence-electron chi connectivity index (χ3n) is 1.40. The van der Waals surface area contributed by atoms with Gasteiger partial charge in [0.15, 0.2) is 0 Å². The first-order chi connectivity index (χ1) is 5.87. The Kier molecular flexibility index (Phi) is 4.52. The molecule has 0 bridgehead atoms. The molecular weight excluding hydrogens is 168 g/mol. The molecule has 0 aliphatic rings. The van der Waals surface area contributed by atoms with E-state index in [9.17, 15) is 4.79 Å². The largest absolute Gasteiger partial charge is 0.500 e. The molecule has 0 aliphatic heterocycles. The minimum absolute atomic E-state index is 0.0633. The van der Waals surface area contributed by atoms with E-state index in [0.717, 1.165) is 0 Å². The molecule has 3 nitrogen and oxygen atoms in total. The Hall–Kier alpha value is -0.990. The molecule has 1 N–H and O–H groups in total. The highest BCUT2D eigenvalue weighted by atomic mass is 16.5. The van der Waals surface area contributed by atoms with Crippen molar-refractivity contribution in [2.45, 2.75) is 34.1 Å². The molecule has 0 aliphatic carbocycles. The molecule has 13 heavy (non-hydrogen) atoms. The van der Waals surface area contributed by atoms with Gasteiger partial charge in [-0.05, 0) is 11.8 Å². The van der Waals surface area contributed by atoms with Crippen LogP contribution < -0.4 is 0 Å². The standard InChI is InChI=1S/C10H18O3/c1-5-8(9(11)12)6-13-7-10(2,3)4/h6H,5,7H2,1-4H3,(H,11,12). The smallest absolute Gasteiger partial charge is 0.334 e. The van der Waals surface area contributed by atoms with Crippen LogP contribution in [0, 0.1) is 5.41 Å². The van der Waals surface area contributed by atoms with Gasteiger partial charge in [0, 0.05) is 0 Å². The maximum Gasteiger partial charge on any atom is 0.334 e. The zero-order valence-electron chi connectivity index (χ0n) is 8.76. The highest BCUT2D eigenvalue weighted by Crippen LogP contribution is 2.13. The zero-order valence-corrected chi connectivity index (χ0v) is 8.76. The normalized spacial score (nSPS) is 12.8. The molecule has 0 atom stereocenters. The van der Waals surface area contributed by atoms with Gasteiger partial charge in [-0.25, -0.2) is 4.79 Å². The quantitative estimate of drug-likeness (QED) is 0.541. The van der Waals surface area contributed by atoms with Gasteiger partial charge in [0.05, 0.1) is 18.4 Å². The van der Waals surface area contributed by atoms with Crippen LogP contribution in [0.25, 0.3) is 0 Å². The van der Waals surface area contributed by atoms with Crippen molar-refractivity contribution >= 4 is 5.97 Å². The third kappa shape index (κ3) is 6.20. The van der Waals surface area contributed by atoms with Crippen molar-refractivity contribution in [1.29, 1.82) is 0 Å². The molecule has 0 aromatic heterocycles. The van der Waals surface area contributed by atoms with E-state index >= 15 is 0 Å². The second kappa shape index (κ2) is 4.90. The van der Waals surface area contributed by atoms with Crippen LogP contribution in [0.15, 0.2) is 11.8 Å². The lowest BCUT2D eigenvalue weighted by Crippen LogP contribution is -2.13. The van der Waals surface area contributed by atoms with Crippen LogP contribution >= 0.6 is 0 Å². The summed E-state index contributed by atoms with van der Waals surface area (Å²) in [7, 11) is 0. The molecule has 3 heteroatoms. The van der Waals surface area contributed by atoms with E-state index in [4.69, 9.17) is 9.84 Å². The van der Waals surface area contributed by atoms with Gasteiger partial charge in [0.2, 0.25) is 0 Å². The topological polar surface area (TPSA) is 46.5 Å². The highest BCUT2D eigenvalue weighted by molar-refractivity contribution is 5.86. The molecule has 0 radical (unpaired) electrons. The maximum atomic E-state index is 10.5. The zero-order chi connectivity index (χ0) is 10.5. The van der Waals surface area contributed by atoms with Crippen molar-refractivity contribution in [3.8, 4) is 0 Å². The predicted octanol–water partition coefficient (Wildman–Crippen LogP) is 2.43. The summed E-state index contributed by atoms with van der Waals surface area (Å²) in [6, 6.07) is 0. The number of rotatable bonds is 4. The fourth-order valence-electron chi connectivity index (χ4n) is 0.677. The van der Waals surface area contributed by atoms with Crippen molar-refractivity contribution in [1.82, 2.24) is 0 Å². The summed E-state index contributed by atoms with van der Waals surface area (Å²) in [6.45, 7) is 8.43. The average Bonchev–Trinajstić information content (AvgIpc) is 1.95. The minimum atomic E-state index is -0.906. The average molecular weight is 186 g/mol. The SMILES string of the molecule is CCC(=COCC(C)(C)C)C(=O)O. The van der Waals surface area contributed by atoms with Gasteiger partial charge < -0.3 is 9.84 Å². The van der Waals surface area contributed by atoms with Gasteiger partial charge in [-0.1, -0.05) is 27.7 Å². The number of hydrogen-bond acceptors (Lipinski definition) is 2. The predicted molar refractivity (Wildman–Crippen MR) is 51.4 cm³/mol. The van der Waals surface area contributed by atoms with Crippen molar-refractivity contribution < 1.29 is 14.6 Å². The Morgan fingerprint density at radius 2 is 2.00 bits per heavy atom. The second-order valence-electron chi connectivity index (χ2n) is 4.17. The molecule has 0 spiro atoms. The summed E-state index contributed by atoms with van der Waals surface area (Å²) >= 11 is 0. The molecule has 0 amide bonds. The fraction of sp³-hybridized carbons (Fsp3) is 0.700. The number of hydrogen-bond donors (Lipinski definition) is 1. The number of carboxylic acid groups (broad SMARTS) is 1. The number of carbonyl (C=O) groups is 1. The Labute approximate surface area is 79.4 Å². The van der Waals surface area contributed by atoms with Crippen LogP contribution in [0.2, 0.25) is 0 Å². The van der Waals surface area contributed by atoms with Crippen LogP contribution in [-0.4, -0.2) is 17.7 Å². The molecular formula is C10H18O3. The molecule has 0 heterocycles. The summed E-state index contributed by atoms with van der Waals surface area (Å²) in [5.74, 6) is -0.906. The van der Waals surface area contributed by atoms with Crippen molar-refractivity contribution in [3.05, 3.63) is 11.8 Å². The lowest BCUT2D eigenvalue weighted by molar-refractivity contribution is -0.133. The van der Waals surface area contributed by atoms with Crippen molar-refractivity contribution in [3.63, 3.8) is 0 Å². The van der Waals surface area contributed by atoms with Crippen LogP contribution in [0.1, 0.15) is 34.1 Å². The Balaban J connectivity index is 4.02. The van der Waals surface area contributed by atoms with E-state index in [0.29, 0.717) is 18.6 Å². The van der Waals surface area contributed by atoms with E-state index in [1.54, 1.807) is 6.92 Å². The molecule has 0 rings (SSSR count). The van der Waals surface area contributed by atoms with E-state index in [1.165, 1.54) is 6.26 Å². The van der Waals surface area contributed by atoms with Gasteiger partial charge in [0.1, 0.15) is 0 Å². The van der Waals surface area contributed by atoms with Gasteiger partial charge >= 0.3 is 5.97 Å². The van der Waals surface area contributed by atoms with E-state index < -0.39 is 5.97 Å².